The molecule has 4 rings (SSSR count). The lowest BCUT2D eigenvalue weighted by molar-refractivity contribution is -0.133. The Labute approximate surface area is 173 Å². The van der Waals surface area contributed by atoms with Crippen molar-refractivity contribution in [3.05, 3.63) is 34.5 Å². The van der Waals surface area contributed by atoms with Crippen molar-refractivity contribution in [3.63, 3.8) is 0 Å². The third-order valence-corrected chi connectivity index (χ3v) is 6.14. The Bertz CT molecular complexity index is 1030. The van der Waals surface area contributed by atoms with Crippen LogP contribution in [0, 0.1) is 11.3 Å². The number of nitrogens with zero attached hydrogens (tertiary/aromatic N) is 1. The highest BCUT2D eigenvalue weighted by molar-refractivity contribution is 9.10. The summed E-state index contributed by atoms with van der Waals surface area (Å²) in [4.78, 5) is 25.8. The molecule has 6 nitrogen and oxygen atoms in total. The van der Waals surface area contributed by atoms with E-state index in [0.717, 1.165) is 4.47 Å². The van der Waals surface area contributed by atoms with Crippen LogP contribution in [0.2, 0.25) is 0 Å². The first-order valence-corrected chi connectivity index (χ1v) is 10.1. The molecule has 1 heterocycles. The molecule has 0 unspecified atom stereocenters. The number of carbonyl (C=O) groups excluding carboxylic acids is 2. The maximum Gasteiger partial charge on any atom is 0.287 e. The first kappa shape index (κ1) is 19.8. The van der Waals surface area contributed by atoms with Crippen molar-refractivity contribution in [2.45, 2.75) is 55.5 Å². The highest BCUT2D eigenvalue weighted by Gasteiger charge is 2.53. The van der Waals surface area contributed by atoms with Crippen molar-refractivity contribution in [2.75, 3.05) is 0 Å². The molecule has 0 saturated heterocycles. The second kappa shape index (κ2) is 6.80. The number of carbonyl (C=O) groups is 2. The molecule has 152 valence electrons. The number of fused-ring (bicyclic) bond motifs is 1. The Morgan fingerprint density at radius 3 is 2.38 bits per heavy atom. The SMILES string of the molecule is N#CC1(NC(=O)C2(NC(=O)c3cc4ccc(Br)cc4o3)CCC(F)(F)CC2)CC1. The van der Waals surface area contributed by atoms with E-state index in [1.54, 1.807) is 18.2 Å². The van der Waals surface area contributed by atoms with Crippen LogP contribution < -0.4 is 10.6 Å². The monoisotopic (exact) mass is 465 g/mol. The summed E-state index contributed by atoms with van der Waals surface area (Å²) in [7, 11) is 0. The molecule has 1 aromatic carbocycles. The van der Waals surface area contributed by atoms with Gasteiger partial charge in [0.15, 0.2) is 5.76 Å². The van der Waals surface area contributed by atoms with Crippen LogP contribution in [0.15, 0.2) is 33.2 Å². The van der Waals surface area contributed by atoms with Gasteiger partial charge < -0.3 is 15.1 Å². The number of hydrogen-bond donors (Lipinski definition) is 2. The number of rotatable bonds is 4. The smallest absolute Gasteiger partial charge is 0.287 e. The van der Waals surface area contributed by atoms with Crippen LogP contribution in [0.5, 0.6) is 0 Å². The van der Waals surface area contributed by atoms with E-state index in [1.807, 2.05) is 6.07 Å². The van der Waals surface area contributed by atoms with Crippen molar-refractivity contribution in [2.24, 2.45) is 0 Å². The average Bonchev–Trinajstić information content (AvgIpc) is 3.32. The molecule has 2 aromatic rings. The van der Waals surface area contributed by atoms with Crippen LogP contribution in [0.1, 0.15) is 49.1 Å². The summed E-state index contributed by atoms with van der Waals surface area (Å²) in [5.74, 6) is -4.14. The van der Waals surface area contributed by atoms with Crippen molar-refractivity contribution < 1.29 is 22.8 Å². The predicted molar refractivity (Wildman–Crippen MR) is 103 cm³/mol. The van der Waals surface area contributed by atoms with Gasteiger partial charge in [0.2, 0.25) is 11.8 Å². The first-order valence-electron chi connectivity index (χ1n) is 9.29. The van der Waals surface area contributed by atoms with Crippen molar-refractivity contribution in [1.82, 2.24) is 10.6 Å². The van der Waals surface area contributed by atoms with Gasteiger partial charge in [0, 0.05) is 22.7 Å². The van der Waals surface area contributed by atoms with Gasteiger partial charge >= 0.3 is 0 Å². The van der Waals surface area contributed by atoms with E-state index < -0.39 is 41.7 Å². The molecule has 9 heteroatoms. The lowest BCUT2D eigenvalue weighted by atomic mass is 9.78. The van der Waals surface area contributed by atoms with Crippen LogP contribution in [0.3, 0.4) is 0 Å². The topological polar surface area (TPSA) is 95.1 Å². The quantitative estimate of drug-likeness (QED) is 0.711. The zero-order valence-corrected chi connectivity index (χ0v) is 16.9. The fourth-order valence-electron chi connectivity index (χ4n) is 3.57. The van der Waals surface area contributed by atoms with Gasteiger partial charge in [-0.05, 0) is 49.9 Å². The van der Waals surface area contributed by atoms with Gasteiger partial charge in [0.05, 0.1) is 6.07 Å². The molecule has 0 radical (unpaired) electrons. The average molecular weight is 466 g/mol. The van der Waals surface area contributed by atoms with Crippen LogP contribution in [0.4, 0.5) is 8.78 Å². The van der Waals surface area contributed by atoms with Gasteiger partial charge in [0.1, 0.15) is 16.7 Å². The molecule has 29 heavy (non-hydrogen) atoms. The summed E-state index contributed by atoms with van der Waals surface area (Å²) in [6.45, 7) is 0. The molecule has 1 aromatic heterocycles. The Balaban J connectivity index is 1.59. The molecular weight excluding hydrogens is 448 g/mol. The lowest BCUT2D eigenvalue weighted by Crippen LogP contribution is -2.62. The minimum absolute atomic E-state index is 0.0102. The second-order valence-corrected chi connectivity index (χ2v) is 8.75. The molecule has 0 aliphatic heterocycles. The van der Waals surface area contributed by atoms with Crippen LogP contribution in [0.25, 0.3) is 11.0 Å². The molecule has 2 fully saturated rings. The largest absolute Gasteiger partial charge is 0.451 e. The zero-order valence-electron chi connectivity index (χ0n) is 15.4. The lowest BCUT2D eigenvalue weighted by Gasteiger charge is -2.39. The number of halogens is 3. The minimum Gasteiger partial charge on any atom is -0.451 e. The van der Waals surface area contributed by atoms with Gasteiger partial charge in [-0.15, -0.1) is 0 Å². The Morgan fingerprint density at radius 2 is 1.76 bits per heavy atom. The summed E-state index contributed by atoms with van der Waals surface area (Å²) >= 11 is 3.33. The molecule has 0 spiro atoms. The Hall–Kier alpha value is -2.47. The zero-order chi connectivity index (χ0) is 20.9. The van der Waals surface area contributed by atoms with Crippen molar-refractivity contribution in [1.29, 1.82) is 5.26 Å². The van der Waals surface area contributed by atoms with Crippen LogP contribution >= 0.6 is 15.9 Å². The fraction of sp³-hybridized carbons (Fsp3) is 0.450. The predicted octanol–water partition coefficient (Wildman–Crippen LogP) is 4.05. The molecule has 2 saturated carbocycles. The summed E-state index contributed by atoms with van der Waals surface area (Å²) in [6, 6.07) is 8.87. The van der Waals surface area contributed by atoms with E-state index in [0.29, 0.717) is 23.8 Å². The fourth-order valence-corrected chi connectivity index (χ4v) is 3.91. The molecule has 2 N–H and O–H groups in total. The summed E-state index contributed by atoms with van der Waals surface area (Å²) < 4.78 is 33.8. The Kier molecular flexibility index (Phi) is 4.65. The highest BCUT2D eigenvalue weighted by Crippen LogP contribution is 2.41. The molecule has 0 atom stereocenters. The number of nitrogens with one attached hydrogen (secondary N) is 2. The second-order valence-electron chi connectivity index (χ2n) is 7.83. The van der Waals surface area contributed by atoms with Gasteiger partial charge in [0.25, 0.3) is 5.91 Å². The standard InChI is InChI=1S/C20H18BrF2N3O3/c21-13-2-1-12-9-15(29-14(12)10-13)16(27)25-19(5-7-20(22,23)8-6-19)17(28)26-18(11-24)3-4-18/h1-2,9-10H,3-8H2,(H,25,27)(H,26,28). The van der Waals surface area contributed by atoms with E-state index in [-0.39, 0.29) is 18.6 Å². The maximum atomic E-state index is 13.7. The van der Waals surface area contributed by atoms with Gasteiger partial charge in [-0.2, -0.15) is 5.26 Å². The molecule has 0 bridgehead atoms. The van der Waals surface area contributed by atoms with Crippen LogP contribution in [-0.4, -0.2) is 28.8 Å². The first-order chi connectivity index (χ1) is 13.7. The Morgan fingerprint density at radius 1 is 1.07 bits per heavy atom. The van der Waals surface area contributed by atoms with Gasteiger partial charge in [-0.3, -0.25) is 9.59 Å². The summed E-state index contributed by atoms with van der Waals surface area (Å²) in [5.41, 5.74) is -1.98. The molecule has 2 aliphatic rings. The van der Waals surface area contributed by atoms with E-state index in [4.69, 9.17) is 4.42 Å². The van der Waals surface area contributed by atoms with E-state index in [2.05, 4.69) is 26.6 Å². The van der Waals surface area contributed by atoms with E-state index in [1.165, 1.54) is 6.07 Å². The van der Waals surface area contributed by atoms with Crippen molar-refractivity contribution >= 4 is 38.7 Å². The normalized spacial score (nSPS) is 21.2. The number of hydrogen-bond acceptors (Lipinski definition) is 4. The number of alkyl halides is 2. The molecule has 2 amide bonds. The third kappa shape index (κ3) is 3.86. The maximum absolute atomic E-state index is 13.7. The van der Waals surface area contributed by atoms with Crippen LogP contribution in [-0.2, 0) is 4.79 Å². The van der Waals surface area contributed by atoms with E-state index >= 15 is 0 Å². The van der Waals surface area contributed by atoms with E-state index in [9.17, 15) is 23.6 Å². The van der Waals surface area contributed by atoms with Crippen molar-refractivity contribution in [3.8, 4) is 6.07 Å². The minimum atomic E-state index is -2.88. The van der Waals surface area contributed by atoms with Gasteiger partial charge in [-0.25, -0.2) is 8.78 Å². The number of benzene rings is 1. The number of nitriles is 1. The summed E-state index contributed by atoms with van der Waals surface area (Å²) in [5, 5.41) is 15.2. The summed E-state index contributed by atoms with van der Waals surface area (Å²) in [6.07, 6.45) is -0.460. The van der Waals surface area contributed by atoms with Gasteiger partial charge in [-0.1, -0.05) is 15.9 Å². The number of furan rings is 1. The highest BCUT2D eigenvalue weighted by atomic mass is 79.9. The molecular formula is C20H18BrF2N3O3. The third-order valence-electron chi connectivity index (χ3n) is 5.65. The molecule has 2 aliphatic carbocycles. The number of amides is 2.